The highest BCUT2D eigenvalue weighted by Gasteiger charge is 2.39. The van der Waals surface area contributed by atoms with E-state index in [-0.39, 0.29) is 11.2 Å². The molecule has 0 fully saturated rings. The average Bonchev–Trinajstić information content (AvgIpc) is 2.90. The third kappa shape index (κ3) is 2.67. The molecule has 0 aromatic heterocycles. The molecule has 128 valence electrons. The largest absolute Gasteiger partial charge is 0.454 e. The summed E-state index contributed by atoms with van der Waals surface area (Å²) in [7, 11) is 4.12. The van der Waals surface area contributed by atoms with Gasteiger partial charge in [0.25, 0.3) is 5.69 Å². The molecule has 0 unspecified atom stereocenters. The van der Waals surface area contributed by atoms with Crippen molar-refractivity contribution in [3.05, 3.63) is 47.5 Å². The number of hydrogen-bond donors (Lipinski definition) is 1. The number of Topliss-reactive ketones (excluding diaryl/α,β-unsaturated/α-hetero) is 1. The normalized spacial score (nSPS) is 17.1. The smallest absolute Gasteiger partial charge is 0.256 e. The predicted molar refractivity (Wildman–Crippen MR) is 97.7 cm³/mol. The van der Waals surface area contributed by atoms with Crippen LogP contribution in [0.25, 0.3) is 28.2 Å². The number of para-hydroxylation sites is 1. The summed E-state index contributed by atoms with van der Waals surface area (Å²) in [6, 6.07) is 8.14. The van der Waals surface area contributed by atoms with Crippen molar-refractivity contribution >= 4 is 22.8 Å². The number of aromatic amines is 1. The van der Waals surface area contributed by atoms with Crippen molar-refractivity contribution in [2.75, 3.05) is 14.1 Å². The monoisotopic (exact) mass is 336 g/mol. The lowest BCUT2D eigenvalue weighted by Gasteiger charge is -2.29. The Morgan fingerprint density at radius 1 is 1.16 bits per heavy atom. The Morgan fingerprint density at radius 2 is 1.92 bits per heavy atom. The summed E-state index contributed by atoms with van der Waals surface area (Å²) in [5, 5.41) is 1.09. The molecule has 1 aromatic rings. The van der Waals surface area contributed by atoms with Crippen molar-refractivity contribution < 1.29 is 19.1 Å². The zero-order valence-electron chi connectivity index (χ0n) is 15.2. The highest BCUT2D eigenvalue weighted by atomic mass is 16.3. The fourth-order valence-electron chi connectivity index (χ4n) is 3.76. The molecule has 2 aliphatic heterocycles. The van der Waals surface area contributed by atoms with E-state index < -0.39 is 0 Å². The van der Waals surface area contributed by atoms with Crippen LogP contribution in [-0.2, 0) is 6.42 Å². The standard InChI is InChI=1S/C21H22N2O2/c1-21(2)11-15(24)19-17(12-21)25-16(9-10-23(3)4)20-18(19)13-7-5-6-8-14(13)22-20/h5-10H,11-12H2,1-4H3/p+2/b10-9-. The van der Waals surface area contributed by atoms with Gasteiger partial charge in [-0.15, -0.1) is 0 Å². The van der Waals surface area contributed by atoms with Gasteiger partial charge < -0.3 is 9.32 Å². The van der Waals surface area contributed by atoms with E-state index in [1.165, 1.54) is 4.90 Å². The molecule has 4 rings (SSSR count). The van der Waals surface area contributed by atoms with Crippen molar-refractivity contribution in [1.82, 2.24) is 0 Å². The molecule has 4 heteroatoms. The van der Waals surface area contributed by atoms with E-state index in [1.807, 2.05) is 30.5 Å². The third-order valence-corrected chi connectivity index (χ3v) is 4.84. The van der Waals surface area contributed by atoms with E-state index >= 15 is 0 Å². The first-order valence-electron chi connectivity index (χ1n) is 8.76. The lowest BCUT2D eigenvalue weighted by atomic mass is 9.74. The zero-order valence-corrected chi connectivity index (χ0v) is 15.2. The van der Waals surface area contributed by atoms with E-state index in [0.29, 0.717) is 6.42 Å². The SMILES string of the molecule is C[NH+](C)/C=C\c1oc2c(c3c4ccccc4[nH+]c1-3)C(=O)CC(C)(C)C2. The van der Waals surface area contributed by atoms with Crippen LogP contribution < -0.4 is 9.88 Å². The van der Waals surface area contributed by atoms with Crippen LogP contribution >= 0.6 is 0 Å². The summed E-state index contributed by atoms with van der Waals surface area (Å²) in [6.07, 6.45) is 5.38. The second kappa shape index (κ2) is 5.53. The van der Waals surface area contributed by atoms with E-state index in [1.54, 1.807) is 0 Å². The molecule has 0 amide bonds. The minimum Gasteiger partial charge on any atom is -0.454 e. The minimum atomic E-state index is -0.0683. The number of ketones is 1. The molecule has 0 spiro atoms. The first-order valence-corrected chi connectivity index (χ1v) is 8.76. The summed E-state index contributed by atoms with van der Waals surface area (Å²) < 4.78 is 6.25. The maximum Gasteiger partial charge on any atom is 0.256 e. The van der Waals surface area contributed by atoms with Gasteiger partial charge in [-0.1, -0.05) is 26.0 Å². The van der Waals surface area contributed by atoms with Gasteiger partial charge in [0.2, 0.25) is 11.3 Å². The van der Waals surface area contributed by atoms with Crippen molar-refractivity contribution in [1.29, 1.82) is 0 Å². The van der Waals surface area contributed by atoms with Crippen LogP contribution in [0.2, 0.25) is 0 Å². The molecule has 0 radical (unpaired) electrons. The number of benzene rings is 1. The second-order valence-electron chi connectivity index (χ2n) is 8.04. The Hall–Kier alpha value is -2.46. The van der Waals surface area contributed by atoms with Crippen LogP contribution in [-0.4, -0.2) is 19.9 Å². The number of aromatic nitrogens is 1. The number of carbonyl (C=O) groups excluding carboxylic acids is 1. The number of H-pyrrole nitrogens is 1. The molecule has 25 heavy (non-hydrogen) atoms. The topological polar surface area (TPSA) is 48.8 Å². The molecule has 0 saturated carbocycles. The van der Waals surface area contributed by atoms with Gasteiger partial charge in [0.05, 0.1) is 36.8 Å². The lowest BCUT2D eigenvalue weighted by Crippen LogP contribution is -3.00. The molecule has 4 nitrogen and oxygen atoms in total. The van der Waals surface area contributed by atoms with Crippen LogP contribution in [0.5, 0.6) is 0 Å². The van der Waals surface area contributed by atoms with Crippen molar-refractivity contribution in [3.8, 4) is 11.3 Å². The van der Waals surface area contributed by atoms with Gasteiger partial charge in [0, 0.05) is 25.0 Å². The maximum absolute atomic E-state index is 12.9. The van der Waals surface area contributed by atoms with E-state index in [4.69, 9.17) is 4.42 Å². The quantitative estimate of drug-likeness (QED) is 0.782. The number of fused-ring (bicyclic) bond motifs is 5. The number of rotatable bonds is 2. The molecule has 0 bridgehead atoms. The van der Waals surface area contributed by atoms with Crippen LogP contribution in [0.4, 0.5) is 0 Å². The van der Waals surface area contributed by atoms with Crippen LogP contribution in [0.15, 0.2) is 34.9 Å². The first-order chi connectivity index (χ1) is 11.9. The summed E-state index contributed by atoms with van der Waals surface area (Å²) in [5.41, 5.74) is 3.64. The van der Waals surface area contributed by atoms with Crippen LogP contribution in [0.1, 0.15) is 42.1 Å². The van der Waals surface area contributed by atoms with Crippen LogP contribution in [0.3, 0.4) is 0 Å². The number of nitrogens with one attached hydrogen (secondary N) is 2. The van der Waals surface area contributed by atoms with Gasteiger partial charge in [0.1, 0.15) is 5.76 Å². The number of carbonyl (C=O) groups is 1. The van der Waals surface area contributed by atoms with E-state index in [0.717, 1.165) is 45.7 Å². The van der Waals surface area contributed by atoms with Crippen molar-refractivity contribution in [2.24, 2.45) is 5.41 Å². The molecule has 2 N–H and O–H groups in total. The van der Waals surface area contributed by atoms with Gasteiger partial charge in [0.15, 0.2) is 5.78 Å². The maximum atomic E-state index is 12.9. The summed E-state index contributed by atoms with van der Waals surface area (Å²) in [5.74, 6) is 1.78. The molecule has 0 saturated heterocycles. The fraction of sp³-hybridized carbons (Fsp3) is 0.333. The van der Waals surface area contributed by atoms with Crippen molar-refractivity contribution in [2.45, 2.75) is 26.7 Å². The van der Waals surface area contributed by atoms with E-state index in [2.05, 4.69) is 39.0 Å². The molecule has 1 aromatic carbocycles. The molecule has 1 aliphatic carbocycles. The number of hydrogen-bond acceptors (Lipinski definition) is 2. The molecular formula is C21H24N2O2+2. The molecule has 3 aliphatic rings. The fourth-order valence-corrected chi connectivity index (χ4v) is 3.76. The second-order valence-corrected chi connectivity index (χ2v) is 8.04. The Labute approximate surface area is 147 Å². The summed E-state index contributed by atoms with van der Waals surface area (Å²) in [6.45, 7) is 4.25. The Bertz CT molecular complexity index is 979. The highest BCUT2D eigenvalue weighted by molar-refractivity contribution is 6.10. The molecule has 0 atom stereocenters. The van der Waals surface area contributed by atoms with Crippen LogP contribution in [0, 0.1) is 5.41 Å². The van der Waals surface area contributed by atoms with Gasteiger partial charge in [-0.2, -0.15) is 0 Å². The summed E-state index contributed by atoms with van der Waals surface area (Å²) in [4.78, 5) is 17.6. The van der Waals surface area contributed by atoms with Crippen molar-refractivity contribution in [3.63, 3.8) is 0 Å². The molecule has 2 heterocycles. The zero-order chi connectivity index (χ0) is 17.8. The molecular weight excluding hydrogens is 312 g/mol. The van der Waals surface area contributed by atoms with Gasteiger partial charge >= 0.3 is 0 Å². The average molecular weight is 336 g/mol. The Morgan fingerprint density at radius 3 is 2.68 bits per heavy atom. The third-order valence-electron chi connectivity index (χ3n) is 4.84. The summed E-state index contributed by atoms with van der Waals surface area (Å²) >= 11 is 0. The van der Waals surface area contributed by atoms with E-state index in [9.17, 15) is 4.79 Å². The lowest BCUT2D eigenvalue weighted by molar-refractivity contribution is -0.800. The number of quaternary nitrogens is 1. The predicted octanol–water partition coefficient (Wildman–Crippen LogP) is 2.62. The Balaban J connectivity index is 2.07. The van der Waals surface area contributed by atoms with Gasteiger partial charge in [-0.05, 0) is 11.5 Å². The highest BCUT2D eigenvalue weighted by Crippen LogP contribution is 2.43. The van der Waals surface area contributed by atoms with Gasteiger partial charge in [-0.25, -0.2) is 4.98 Å². The first kappa shape index (κ1) is 16.0. The van der Waals surface area contributed by atoms with Gasteiger partial charge in [-0.3, -0.25) is 4.79 Å². The minimum absolute atomic E-state index is 0.0683. The Kier molecular flexibility index (Phi) is 3.55.